The Bertz CT molecular complexity index is 413. The minimum absolute atomic E-state index is 0.349. The van der Waals surface area contributed by atoms with Crippen LogP contribution in [0, 0.1) is 12.3 Å². The maximum absolute atomic E-state index is 11.0. The predicted molar refractivity (Wildman–Crippen MR) is 67.6 cm³/mol. The maximum atomic E-state index is 11.0. The third kappa shape index (κ3) is 3.37. The van der Waals surface area contributed by atoms with Gasteiger partial charge in [-0.1, -0.05) is 6.07 Å². The molecule has 1 aromatic carbocycles. The fourth-order valence-corrected chi connectivity index (χ4v) is 1.35. The van der Waals surface area contributed by atoms with Crippen LogP contribution in [0.2, 0.25) is 0 Å². The van der Waals surface area contributed by atoms with E-state index in [-0.39, 0.29) is 0 Å². The quantitative estimate of drug-likeness (QED) is 0.826. The van der Waals surface area contributed by atoms with Crippen LogP contribution in [0.15, 0.2) is 18.2 Å². The molecule has 2 N–H and O–H groups in total. The van der Waals surface area contributed by atoms with Crippen LogP contribution in [0.5, 0.6) is 5.75 Å². The van der Waals surface area contributed by atoms with E-state index in [1.165, 1.54) is 0 Å². The molecule has 0 bridgehead atoms. The van der Waals surface area contributed by atoms with Gasteiger partial charge < -0.3 is 15.2 Å². The number of ether oxygens (including phenoxy) is 1. The standard InChI is InChI=1S/C13H19NO3/c1-9-5-6-11(17-4)10(7-9)14-8-13(2,3)12(15)16/h5-7,14H,8H2,1-4H3,(H,15,16). The molecule has 17 heavy (non-hydrogen) atoms. The van der Waals surface area contributed by atoms with Crippen LogP contribution in [-0.2, 0) is 4.79 Å². The first kappa shape index (κ1) is 13.4. The van der Waals surface area contributed by atoms with Gasteiger partial charge in [-0.3, -0.25) is 4.79 Å². The number of nitrogens with one attached hydrogen (secondary N) is 1. The van der Waals surface area contributed by atoms with Gasteiger partial charge in [0, 0.05) is 6.54 Å². The first-order valence-electron chi connectivity index (χ1n) is 5.49. The third-order valence-electron chi connectivity index (χ3n) is 2.65. The lowest BCUT2D eigenvalue weighted by Crippen LogP contribution is -2.31. The highest BCUT2D eigenvalue weighted by atomic mass is 16.5. The van der Waals surface area contributed by atoms with Crippen molar-refractivity contribution in [1.29, 1.82) is 0 Å². The van der Waals surface area contributed by atoms with Crippen molar-refractivity contribution in [2.45, 2.75) is 20.8 Å². The van der Waals surface area contributed by atoms with Crippen LogP contribution < -0.4 is 10.1 Å². The predicted octanol–water partition coefficient (Wildman–Crippen LogP) is 2.53. The van der Waals surface area contributed by atoms with Gasteiger partial charge in [0.1, 0.15) is 5.75 Å². The van der Waals surface area contributed by atoms with Crippen molar-refractivity contribution in [2.24, 2.45) is 5.41 Å². The van der Waals surface area contributed by atoms with E-state index in [0.29, 0.717) is 6.54 Å². The Morgan fingerprint density at radius 1 is 1.47 bits per heavy atom. The molecule has 0 spiro atoms. The minimum Gasteiger partial charge on any atom is -0.495 e. The largest absolute Gasteiger partial charge is 0.495 e. The summed E-state index contributed by atoms with van der Waals surface area (Å²) in [4.78, 5) is 11.0. The van der Waals surface area contributed by atoms with Gasteiger partial charge in [-0.25, -0.2) is 0 Å². The summed E-state index contributed by atoms with van der Waals surface area (Å²) in [6, 6.07) is 5.76. The summed E-state index contributed by atoms with van der Waals surface area (Å²) in [6.07, 6.45) is 0. The Labute approximate surface area is 102 Å². The normalized spacial score (nSPS) is 11.1. The van der Waals surface area contributed by atoms with Crippen molar-refractivity contribution < 1.29 is 14.6 Å². The molecule has 0 fully saturated rings. The summed E-state index contributed by atoms with van der Waals surface area (Å²) >= 11 is 0. The number of carbonyl (C=O) groups is 1. The second-order valence-electron chi connectivity index (χ2n) is 4.75. The molecular formula is C13H19NO3. The van der Waals surface area contributed by atoms with Gasteiger partial charge in [-0.15, -0.1) is 0 Å². The Morgan fingerprint density at radius 2 is 2.12 bits per heavy atom. The lowest BCUT2D eigenvalue weighted by Gasteiger charge is -2.21. The molecule has 0 atom stereocenters. The Hall–Kier alpha value is -1.71. The number of hydrogen-bond acceptors (Lipinski definition) is 3. The van der Waals surface area contributed by atoms with E-state index >= 15 is 0 Å². The first-order valence-corrected chi connectivity index (χ1v) is 5.49. The van der Waals surface area contributed by atoms with Gasteiger partial charge in [-0.05, 0) is 38.5 Å². The van der Waals surface area contributed by atoms with Crippen molar-refractivity contribution in [3.63, 3.8) is 0 Å². The summed E-state index contributed by atoms with van der Waals surface area (Å²) in [5, 5.41) is 12.1. The first-order chi connectivity index (χ1) is 7.86. The number of benzene rings is 1. The van der Waals surface area contributed by atoms with Gasteiger partial charge in [0.25, 0.3) is 0 Å². The van der Waals surface area contributed by atoms with Crippen LogP contribution >= 0.6 is 0 Å². The summed E-state index contributed by atoms with van der Waals surface area (Å²) in [7, 11) is 1.60. The molecule has 94 valence electrons. The van der Waals surface area contributed by atoms with E-state index < -0.39 is 11.4 Å². The zero-order chi connectivity index (χ0) is 13.1. The molecule has 1 rings (SSSR count). The summed E-state index contributed by atoms with van der Waals surface area (Å²) in [6.45, 7) is 5.70. The van der Waals surface area contributed by atoms with Gasteiger partial charge in [-0.2, -0.15) is 0 Å². The summed E-state index contributed by atoms with van der Waals surface area (Å²) in [5.74, 6) is -0.103. The lowest BCUT2D eigenvalue weighted by atomic mass is 9.94. The fourth-order valence-electron chi connectivity index (χ4n) is 1.35. The molecule has 4 nitrogen and oxygen atoms in total. The number of aryl methyl sites for hydroxylation is 1. The van der Waals surface area contributed by atoms with Crippen molar-refractivity contribution in [3.8, 4) is 5.75 Å². The van der Waals surface area contributed by atoms with Crippen molar-refractivity contribution in [2.75, 3.05) is 19.0 Å². The van der Waals surface area contributed by atoms with Gasteiger partial charge in [0.2, 0.25) is 0 Å². The Morgan fingerprint density at radius 3 is 2.65 bits per heavy atom. The number of carboxylic acids is 1. The molecule has 1 aromatic rings. The smallest absolute Gasteiger partial charge is 0.310 e. The topological polar surface area (TPSA) is 58.6 Å². The molecule has 0 aliphatic carbocycles. The number of methoxy groups -OCH3 is 1. The maximum Gasteiger partial charge on any atom is 0.310 e. The van der Waals surface area contributed by atoms with Gasteiger partial charge in [0.05, 0.1) is 18.2 Å². The highest BCUT2D eigenvalue weighted by Crippen LogP contribution is 2.26. The molecule has 0 aromatic heterocycles. The molecule has 0 aliphatic heterocycles. The number of anilines is 1. The number of aliphatic carboxylic acids is 1. The zero-order valence-corrected chi connectivity index (χ0v) is 10.7. The van der Waals surface area contributed by atoms with Crippen molar-refractivity contribution in [1.82, 2.24) is 0 Å². The molecule has 0 saturated carbocycles. The van der Waals surface area contributed by atoms with E-state index in [2.05, 4.69) is 5.32 Å². The van der Waals surface area contributed by atoms with Crippen molar-refractivity contribution >= 4 is 11.7 Å². The Kier molecular flexibility index (Phi) is 3.99. The van der Waals surface area contributed by atoms with Gasteiger partial charge >= 0.3 is 5.97 Å². The monoisotopic (exact) mass is 237 g/mol. The second-order valence-corrected chi connectivity index (χ2v) is 4.75. The molecule has 4 heteroatoms. The van der Waals surface area contributed by atoms with Crippen LogP contribution in [0.3, 0.4) is 0 Å². The number of rotatable bonds is 5. The molecule has 0 heterocycles. The van der Waals surface area contributed by atoms with E-state index in [1.807, 2.05) is 25.1 Å². The molecule has 0 saturated heterocycles. The molecule has 0 amide bonds. The van der Waals surface area contributed by atoms with Crippen LogP contribution in [0.25, 0.3) is 0 Å². The molecule has 0 unspecified atom stereocenters. The van der Waals surface area contributed by atoms with E-state index in [1.54, 1.807) is 21.0 Å². The van der Waals surface area contributed by atoms with E-state index in [0.717, 1.165) is 17.0 Å². The fraction of sp³-hybridized carbons (Fsp3) is 0.462. The molecule has 0 aliphatic rings. The lowest BCUT2D eigenvalue weighted by molar-refractivity contribution is -0.146. The highest BCUT2D eigenvalue weighted by Gasteiger charge is 2.27. The average Bonchev–Trinajstić information content (AvgIpc) is 2.26. The second kappa shape index (κ2) is 5.08. The SMILES string of the molecule is COc1ccc(C)cc1NCC(C)(C)C(=O)O. The summed E-state index contributed by atoms with van der Waals surface area (Å²) in [5.41, 5.74) is 1.11. The van der Waals surface area contributed by atoms with Crippen LogP contribution in [0.1, 0.15) is 19.4 Å². The Balaban J connectivity index is 2.81. The third-order valence-corrected chi connectivity index (χ3v) is 2.65. The average molecular weight is 237 g/mol. The zero-order valence-electron chi connectivity index (χ0n) is 10.7. The van der Waals surface area contributed by atoms with Gasteiger partial charge in [0.15, 0.2) is 0 Å². The van der Waals surface area contributed by atoms with Crippen LogP contribution in [0.4, 0.5) is 5.69 Å². The number of carboxylic acid groups (broad SMARTS) is 1. The van der Waals surface area contributed by atoms with E-state index in [9.17, 15) is 4.79 Å². The summed E-state index contributed by atoms with van der Waals surface area (Å²) < 4.78 is 5.22. The van der Waals surface area contributed by atoms with E-state index in [4.69, 9.17) is 9.84 Å². The van der Waals surface area contributed by atoms with Crippen LogP contribution in [-0.4, -0.2) is 24.7 Å². The van der Waals surface area contributed by atoms with Crippen molar-refractivity contribution in [3.05, 3.63) is 23.8 Å². The molecule has 0 radical (unpaired) electrons. The molecular weight excluding hydrogens is 218 g/mol. The minimum atomic E-state index is -0.823. The highest BCUT2D eigenvalue weighted by molar-refractivity contribution is 5.74. The number of hydrogen-bond donors (Lipinski definition) is 2.